The van der Waals surface area contributed by atoms with E-state index >= 15 is 0 Å². The average Bonchev–Trinajstić information content (AvgIpc) is 2.44. The Bertz CT molecular complexity index is 280. The quantitative estimate of drug-likeness (QED) is 0.643. The van der Waals surface area contributed by atoms with Gasteiger partial charge in [-0.3, -0.25) is 9.59 Å². The number of aliphatic hydroxyl groups is 1. The highest BCUT2D eigenvalue weighted by atomic mass is 16.6. The predicted octanol–water partition coefficient (Wildman–Crippen LogP) is -0.450. The number of esters is 1. The Labute approximate surface area is 93.9 Å². The van der Waals surface area contributed by atoms with Crippen molar-refractivity contribution >= 4 is 11.9 Å². The second-order valence-corrected chi connectivity index (χ2v) is 3.91. The number of amides is 1. The fraction of sp³-hybridized carbons (Fsp3) is 0.800. The molecule has 0 bridgehead atoms. The molecule has 0 aromatic carbocycles. The molecule has 1 fully saturated rings. The number of carbonyl (C=O) groups excluding carboxylic acids is 2. The van der Waals surface area contributed by atoms with Crippen LogP contribution in [0.3, 0.4) is 0 Å². The van der Waals surface area contributed by atoms with Gasteiger partial charge in [-0.1, -0.05) is 0 Å². The molecule has 0 unspecified atom stereocenters. The summed E-state index contributed by atoms with van der Waals surface area (Å²) in [5.74, 6) is -0.623. The van der Waals surface area contributed by atoms with E-state index in [1.807, 2.05) is 0 Å². The number of hydrogen-bond donors (Lipinski definition) is 2. The molecule has 2 N–H and O–H groups in total. The van der Waals surface area contributed by atoms with Gasteiger partial charge < -0.3 is 19.9 Å². The van der Waals surface area contributed by atoms with Crippen molar-refractivity contribution in [3.63, 3.8) is 0 Å². The Balaban J connectivity index is 2.61. The van der Waals surface area contributed by atoms with Crippen LogP contribution in [0.25, 0.3) is 0 Å². The topological polar surface area (TPSA) is 84.9 Å². The molecule has 0 saturated carbocycles. The minimum atomic E-state index is -0.931. The summed E-state index contributed by atoms with van der Waals surface area (Å²) in [6, 6.07) is -0.332. The molecule has 1 aliphatic rings. The summed E-state index contributed by atoms with van der Waals surface area (Å²) in [4.78, 5) is 21.7. The molecule has 0 aromatic heterocycles. The van der Waals surface area contributed by atoms with Gasteiger partial charge >= 0.3 is 5.97 Å². The van der Waals surface area contributed by atoms with Crippen LogP contribution in [-0.4, -0.2) is 41.5 Å². The molecular formula is C10H17NO5. The standard InChI is InChI=1S/C10H17NO5/c1-5(15-7(3)13)10-8(11-6(2)12)4-9(14)16-10/h5,8-10,14H,4H2,1-3H3,(H,11,12)/t5-,8+,9-,10-/m1/s1. The molecule has 4 atom stereocenters. The number of ether oxygens (including phenoxy) is 2. The van der Waals surface area contributed by atoms with Crippen molar-refractivity contribution in [2.24, 2.45) is 0 Å². The van der Waals surface area contributed by atoms with Gasteiger partial charge in [-0.2, -0.15) is 0 Å². The lowest BCUT2D eigenvalue weighted by molar-refractivity contribution is -0.162. The third kappa shape index (κ3) is 3.46. The van der Waals surface area contributed by atoms with Crippen LogP contribution in [0.4, 0.5) is 0 Å². The van der Waals surface area contributed by atoms with Crippen LogP contribution in [0.2, 0.25) is 0 Å². The number of hydrogen-bond acceptors (Lipinski definition) is 5. The lowest BCUT2D eigenvalue weighted by Crippen LogP contribution is -2.45. The molecule has 1 rings (SSSR count). The van der Waals surface area contributed by atoms with Crippen molar-refractivity contribution in [2.75, 3.05) is 0 Å². The van der Waals surface area contributed by atoms with Gasteiger partial charge in [0.15, 0.2) is 6.29 Å². The van der Waals surface area contributed by atoms with E-state index in [9.17, 15) is 14.7 Å². The van der Waals surface area contributed by atoms with Crippen LogP contribution >= 0.6 is 0 Å². The van der Waals surface area contributed by atoms with E-state index in [4.69, 9.17) is 9.47 Å². The number of nitrogens with one attached hydrogen (secondary N) is 1. The zero-order chi connectivity index (χ0) is 12.3. The van der Waals surface area contributed by atoms with Crippen LogP contribution in [0.5, 0.6) is 0 Å². The molecule has 0 spiro atoms. The molecule has 1 heterocycles. The van der Waals surface area contributed by atoms with E-state index in [2.05, 4.69) is 5.32 Å². The number of carbonyl (C=O) groups is 2. The van der Waals surface area contributed by atoms with Crippen molar-refractivity contribution < 1.29 is 24.2 Å². The zero-order valence-corrected chi connectivity index (χ0v) is 9.60. The summed E-state index contributed by atoms with van der Waals surface area (Å²) >= 11 is 0. The fourth-order valence-corrected chi connectivity index (χ4v) is 1.85. The van der Waals surface area contributed by atoms with Crippen LogP contribution in [0, 0.1) is 0 Å². The molecular weight excluding hydrogens is 214 g/mol. The second kappa shape index (κ2) is 5.27. The molecule has 0 aromatic rings. The first-order valence-corrected chi connectivity index (χ1v) is 5.18. The predicted molar refractivity (Wildman–Crippen MR) is 54.3 cm³/mol. The van der Waals surface area contributed by atoms with Crippen molar-refractivity contribution in [1.29, 1.82) is 0 Å². The highest BCUT2D eigenvalue weighted by Crippen LogP contribution is 2.23. The van der Waals surface area contributed by atoms with Gasteiger partial charge in [-0.25, -0.2) is 0 Å². The SMILES string of the molecule is CC(=O)N[C@H]1C[C@H](O)O[C@@H]1[C@@H](C)OC(C)=O. The van der Waals surface area contributed by atoms with Crippen molar-refractivity contribution in [3.05, 3.63) is 0 Å². The normalized spacial score (nSPS) is 30.9. The summed E-state index contributed by atoms with van der Waals surface area (Å²) in [7, 11) is 0. The fourth-order valence-electron chi connectivity index (χ4n) is 1.85. The number of aliphatic hydroxyl groups excluding tert-OH is 1. The lowest BCUT2D eigenvalue weighted by Gasteiger charge is -2.24. The Morgan fingerprint density at radius 2 is 2.12 bits per heavy atom. The van der Waals surface area contributed by atoms with Crippen LogP contribution in [-0.2, 0) is 19.1 Å². The molecule has 6 nitrogen and oxygen atoms in total. The second-order valence-electron chi connectivity index (χ2n) is 3.91. The summed E-state index contributed by atoms with van der Waals surface area (Å²) < 4.78 is 10.2. The van der Waals surface area contributed by atoms with Gasteiger partial charge in [-0.05, 0) is 6.92 Å². The first kappa shape index (κ1) is 12.9. The van der Waals surface area contributed by atoms with Gasteiger partial charge in [0, 0.05) is 20.3 Å². The monoisotopic (exact) mass is 231 g/mol. The smallest absolute Gasteiger partial charge is 0.302 e. The van der Waals surface area contributed by atoms with Crippen LogP contribution < -0.4 is 5.32 Å². The molecule has 0 radical (unpaired) electrons. The highest BCUT2D eigenvalue weighted by Gasteiger charge is 2.39. The average molecular weight is 231 g/mol. The molecule has 16 heavy (non-hydrogen) atoms. The molecule has 1 saturated heterocycles. The van der Waals surface area contributed by atoms with Gasteiger partial charge in [0.25, 0.3) is 0 Å². The Hall–Kier alpha value is -1.14. The van der Waals surface area contributed by atoms with E-state index < -0.39 is 24.5 Å². The maximum atomic E-state index is 10.9. The third-order valence-corrected chi connectivity index (χ3v) is 2.37. The van der Waals surface area contributed by atoms with Gasteiger partial charge in [-0.15, -0.1) is 0 Å². The molecule has 1 aliphatic heterocycles. The van der Waals surface area contributed by atoms with Crippen LogP contribution in [0.1, 0.15) is 27.2 Å². The largest absolute Gasteiger partial charge is 0.460 e. The highest BCUT2D eigenvalue weighted by molar-refractivity contribution is 5.73. The summed E-state index contributed by atoms with van der Waals surface area (Å²) in [6.07, 6.45) is -1.65. The maximum absolute atomic E-state index is 10.9. The van der Waals surface area contributed by atoms with Crippen LogP contribution in [0.15, 0.2) is 0 Å². The summed E-state index contributed by atoms with van der Waals surface area (Å²) in [5, 5.41) is 12.0. The van der Waals surface area contributed by atoms with Crippen molar-refractivity contribution in [1.82, 2.24) is 5.32 Å². The van der Waals surface area contributed by atoms with E-state index in [1.165, 1.54) is 13.8 Å². The first-order chi connectivity index (χ1) is 7.40. The van der Waals surface area contributed by atoms with E-state index in [1.54, 1.807) is 6.92 Å². The summed E-state index contributed by atoms with van der Waals surface area (Å²) in [6.45, 7) is 4.35. The zero-order valence-electron chi connectivity index (χ0n) is 9.60. The number of rotatable bonds is 3. The molecule has 1 amide bonds. The Kier molecular flexibility index (Phi) is 4.26. The maximum Gasteiger partial charge on any atom is 0.302 e. The lowest BCUT2D eigenvalue weighted by atomic mass is 10.1. The summed E-state index contributed by atoms with van der Waals surface area (Å²) in [5.41, 5.74) is 0. The molecule has 92 valence electrons. The van der Waals surface area contributed by atoms with Gasteiger partial charge in [0.1, 0.15) is 12.2 Å². The minimum absolute atomic E-state index is 0.206. The van der Waals surface area contributed by atoms with Crippen molar-refractivity contribution in [2.45, 2.75) is 51.7 Å². The van der Waals surface area contributed by atoms with E-state index in [0.717, 1.165) is 0 Å². The van der Waals surface area contributed by atoms with Crippen molar-refractivity contribution in [3.8, 4) is 0 Å². The molecule has 0 aliphatic carbocycles. The Morgan fingerprint density at radius 3 is 2.62 bits per heavy atom. The Morgan fingerprint density at radius 1 is 1.50 bits per heavy atom. The molecule has 6 heteroatoms. The van der Waals surface area contributed by atoms with Gasteiger partial charge in [0.05, 0.1) is 6.04 Å². The first-order valence-electron chi connectivity index (χ1n) is 5.18. The van der Waals surface area contributed by atoms with E-state index in [0.29, 0.717) is 6.42 Å². The van der Waals surface area contributed by atoms with E-state index in [-0.39, 0.29) is 11.9 Å². The minimum Gasteiger partial charge on any atom is -0.460 e. The van der Waals surface area contributed by atoms with Gasteiger partial charge in [0.2, 0.25) is 5.91 Å². The third-order valence-electron chi connectivity index (χ3n) is 2.37.